The molecule has 2 aromatic rings. The SMILES string of the molecule is CC(C)(C)c1cc(CCl)cc(Oc2ccc(I)cc2)n1. The summed E-state index contributed by atoms with van der Waals surface area (Å²) < 4.78 is 7.01. The molecule has 4 heteroatoms. The normalized spacial score (nSPS) is 11.4. The van der Waals surface area contributed by atoms with Crippen molar-refractivity contribution in [3.63, 3.8) is 0 Å². The predicted molar refractivity (Wildman–Crippen MR) is 91.7 cm³/mol. The molecule has 0 saturated heterocycles. The highest BCUT2D eigenvalue weighted by Crippen LogP contribution is 2.27. The van der Waals surface area contributed by atoms with Crippen LogP contribution >= 0.6 is 34.2 Å². The summed E-state index contributed by atoms with van der Waals surface area (Å²) in [5.41, 5.74) is 1.97. The van der Waals surface area contributed by atoms with Gasteiger partial charge in [-0.15, -0.1) is 11.6 Å². The van der Waals surface area contributed by atoms with Crippen LogP contribution in [0.1, 0.15) is 32.0 Å². The summed E-state index contributed by atoms with van der Waals surface area (Å²) in [5.74, 6) is 1.83. The lowest BCUT2D eigenvalue weighted by molar-refractivity contribution is 0.451. The zero-order valence-corrected chi connectivity index (χ0v) is 14.7. The van der Waals surface area contributed by atoms with Gasteiger partial charge in [0.15, 0.2) is 0 Å². The van der Waals surface area contributed by atoms with Crippen molar-refractivity contribution in [3.8, 4) is 11.6 Å². The van der Waals surface area contributed by atoms with Gasteiger partial charge in [-0.25, -0.2) is 4.98 Å². The second kappa shape index (κ2) is 6.31. The Balaban J connectivity index is 2.33. The highest BCUT2D eigenvalue weighted by Gasteiger charge is 2.17. The number of hydrogen-bond donors (Lipinski definition) is 0. The molecule has 0 spiro atoms. The zero-order valence-electron chi connectivity index (χ0n) is 11.8. The highest BCUT2D eigenvalue weighted by atomic mass is 127. The van der Waals surface area contributed by atoms with Crippen LogP contribution in [0, 0.1) is 3.57 Å². The number of hydrogen-bond acceptors (Lipinski definition) is 2. The Morgan fingerprint density at radius 3 is 2.35 bits per heavy atom. The monoisotopic (exact) mass is 401 g/mol. The molecule has 2 nitrogen and oxygen atoms in total. The Labute approximate surface area is 138 Å². The van der Waals surface area contributed by atoms with Crippen molar-refractivity contribution in [2.75, 3.05) is 0 Å². The van der Waals surface area contributed by atoms with Gasteiger partial charge in [-0.1, -0.05) is 20.8 Å². The van der Waals surface area contributed by atoms with E-state index >= 15 is 0 Å². The number of ether oxygens (including phenoxy) is 1. The number of benzene rings is 1. The fourth-order valence-electron chi connectivity index (χ4n) is 1.70. The van der Waals surface area contributed by atoms with Gasteiger partial charge in [-0.3, -0.25) is 0 Å². The Morgan fingerprint density at radius 2 is 1.80 bits per heavy atom. The number of aromatic nitrogens is 1. The molecule has 1 aromatic heterocycles. The summed E-state index contributed by atoms with van der Waals surface area (Å²) >= 11 is 8.23. The van der Waals surface area contributed by atoms with E-state index in [-0.39, 0.29) is 5.41 Å². The maximum atomic E-state index is 5.96. The molecule has 0 aliphatic carbocycles. The fourth-order valence-corrected chi connectivity index (χ4v) is 2.21. The Morgan fingerprint density at radius 1 is 1.15 bits per heavy atom. The van der Waals surface area contributed by atoms with Gasteiger partial charge in [0.05, 0.1) is 5.69 Å². The molecule has 1 aromatic carbocycles. The number of pyridine rings is 1. The lowest BCUT2D eigenvalue weighted by atomic mass is 9.91. The van der Waals surface area contributed by atoms with Crippen LogP contribution in [-0.4, -0.2) is 4.98 Å². The zero-order chi connectivity index (χ0) is 14.8. The number of rotatable bonds is 3. The molecule has 0 bridgehead atoms. The maximum Gasteiger partial charge on any atom is 0.219 e. The van der Waals surface area contributed by atoms with Crippen LogP contribution in [0.4, 0.5) is 0 Å². The number of nitrogens with zero attached hydrogens (tertiary/aromatic N) is 1. The third kappa shape index (κ3) is 4.09. The average Bonchev–Trinajstić information content (AvgIpc) is 2.40. The quantitative estimate of drug-likeness (QED) is 0.499. The largest absolute Gasteiger partial charge is 0.439 e. The van der Waals surface area contributed by atoms with E-state index in [2.05, 4.69) is 48.3 Å². The summed E-state index contributed by atoms with van der Waals surface area (Å²) in [6.07, 6.45) is 0. The molecule has 0 aliphatic rings. The summed E-state index contributed by atoms with van der Waals surface area (Å²) in [5, 5.41) is 0. The van der Waals surface area contributed by atoms with Crippen molar-refractivity contribution in [1.29, 1.82) is 0 Å². The van der Waals surface area contributed by atoms with E-state index < -0.39 is 0 Å². The third-order valence-corrected chi connectivity index (χ3v) is 3.85. The van der Waals surface area contributed by atoms with Crippen LogP contribution in [0.25, 0.3) is 0 Å². The van der Waals surface area contributed by atoms with Crippen molar-refractivity contribution < 1.29 is 4.74 Å². The lowest BCUT2D eigenvalue weighted by Crippen LogP contribution is -2.14. The minimum atomic E-state index is -0.0355. The van der Waals surface area contributed by atoms with E-state index in [1.165, 1.54) is 3.57 Å². The molecule has 0 amide bonds. The molecular weight excluding hydrogens is 385 g/mol. The second-order valence-corrected chi connectivity index (χ2v) is 7.15. The highest BCUT2D eigenvalue weighted by molar-refractivity contribution is 14.1. The van der Waals surface area contributed by atoms with Crippen LogP contribution < -0.4 is 4.74 Å². The van der Waals surface area contributed by atoms with E-state index in [9.17, 15) is 0 Å². The average molecular weight is 402 g/mol. The van der Waals surface area contributed by atoms with Crippen LogP contribution in [-0.2, 0) is 11.3 Å². The first-order valence-electron chi connectivity index (χ1n) is 6.39. The van der Waals surface area contributed by atoms with Gasteiger partial charge in [-0.05, 0) is 58.5 Å². The topological polar surface area (TPSA) is 22.1 Å². The first kappa shape index (κ1) is 15.6. The van der Waals surface area contributed by atoms with Gasteiger partial charge in [0, 0.05) is 20.9 Å². The fraction of sp³-hybridized carbons (Fsp3) is 0.312. The smallest absolute Gasteiger partial charge is 0.219 e. The van der Waals surface area contributed by atoms with Gasteiger partial charge in [-0.2, -0.15) is 0 Å². The van der Waals surface area contributed by atoms with Crippen LogP contribution in [0.3, 0.4) is 0 Å². The van der Waals surface area contributed by atoms with Crippen molar-refractivity contribution in [3.05, 3.63) is 51.2 Å². The van der Waals surface area contributed by atoms with E-state index in [0.29, 0.717) is 11.8 Å². The molecule has 0 radical (unpaired) electrons. The van der Waals surface area contributed by atoms with Gasteiger partial charge in [0.2, 0.25) is 5.88 Å². The second-order valence-electron chi connectivity index (χ2n) is 5.64. The van der Waals surface area contributed by atoms with Crippen LogP contribution in [0.15, 0.2) is 36.4 Å². The van der Waals surface area contributed by atoms with Gasteiger partial charge < -0.3 is 4.74 Å². The van der Waals surface area contributed by atoms with Crippen molar-refractivity contribution in [2.45, 2.75) is 32.1 Å². The first-order valence-corrected chi connectivity index (χ1v) is 8.00. The van der Waals surface area contributed by atoms with E-state index in [0.717, 1.165) is 17.0 Å². The molecule has 1 heterocycles. The van der Waals surface area contributed by atoms with Crippen molar-refractivity contribution in [1.82, 2.24) is 4.98 Å². The molecule has 0 unspecified atom stereocenters. The number of alkyl halides is 1. The third-order valence-electron chi connectivity index (χ3n) is 2.82. The molecular formula is C16H17ClINO. The van der Waals surface area contributed by atoms with Crippen LogP contribution in [0.5, 0.6) is 11.6 Å². The summed E-state index contributed by atoms with van der Waals surface area (Å²) in [6.45, 7) is 6.38. The Hall–Kier alpha value is -0.810. The van der Waals surface area contributed by atoms with Gasteiger partial charge in [0.1, 0.15) is 5.75 Å². The molecule has 0 saturated carbocycles. The minimum Gasteiger partial charge on any atom is -0.439 e. The molecule has 2 rings (SSSR count). The van der Waals surface area contributed by atoms with Crippen molar-refractivity contribution in [2.24, 2.45) is 0 Å². The molecule has 0 N–H and O–H groups in total. The molecule has 20 heavy (non-hydrogen) atoms. The molecule has 0 atom stereocenters. The molecule has 0 aliphatic heterocycles. The Bertz CT molecular complexity index is 590. The van der Waals surface area contributed by atoms with Crippen molar-refractivity contribution >= 4 is 34.2 Å². The summed E-state index contributed by atoms with van der Waals surface area (Å²) in [7, 11) is 0. The van der Waals surface area contributed by atoms with E-state index in [4.69, 9.17) is 16.3 Å². The lowest BCUT2D eigenvalue weighted by Gasteiger charge is -2.19. The first-order chi connectivity index (χ1) is 9.38. The standard InChI is InChI=1S/C16H17ClINO/c1-16(2,3)14-8-11(10-17)9-15(19-14)20-13-6-4-12(18)5-7-13/h4-9H,10H2,1-3H3. The van der Waals surface area contributed by atoms with Gasteiger partial charge in [0.25, 0.3) is 0 Å². The van der Waals surface area contributed by atoms with Gasteiger partial charge >= 0.3 is 0 Å². The van der Waals surface area contributed by atoms with E-state index in [1.807, 2.05) is 36.4 Å². The Kier molecular flexibility index (Phi) is 4.91. The number of halogens is 2. The predicted octanol–water partition coefficient (Wildman–Crippen LogP) is 5.51. The minimum absolute atomic E-state index is 0.0355. The maximum absolute atomic E-state index is 5.96. The van der Waals surface area contributed by atoms with E-state index in [1.54, 1.807) is 0 Å². The molecule has 106 valence electrons. The molecule has 0 fully saturated rings. The summed E-state index contributed by atoms with van der Waals surface area (Å²) in [6, 6.07) is 11.8. The summed E-state index contributed by atoms with van der Waals surface area (Å²) in [4.78, 5) is 4.59. The van der Waals surface area contributed by atoms with Crippen LogP contribution in [0.2, 0.25) is 0 Å².